The maximum atomic E-state index is 5.87. The van der Waals surface area contributed by atoms with E-state index in [0.717, 1.165) is 30.2 Å². The minimum absolute atomic E-state index is 0.521. The predicted octanol–water partition coefficient (Wildman–Crippen LogP) is 4.04. The largest absolute Gasteiger partial charge is 0.330 e. The Labute approximate surface area is 122 Å². The maximum Gasteiger partial charge on any atom is -0.00388 e. The molecule has 0 aliphatic heterocycles. The Morgan fingerprint density at radius 3 is 2.55 bits per heavy atom. The molecule has 108 valence electrons. The average molecular weight is 269 g/mol. The molecule has 2 unspecified atom stereocenters. The van der Waals surface area contributed by atoms with Crippen LogP contribution in [0.2, 0.25) is 0 Å². The van der Waals surface area contributed by atoms with Crippen LogP contribution in [0.3, 0.4) is 0 Å². The summed E-state index contributed by atoms with van der Waals surface area (Å²) in [6, 6.07) is 9.37. The second-order valence-corrected chi connectivity index (χ2v) is 7.86. The topological polar surface area (TPSA) is 26.0 Å². The lowest BCUT2D eigenvalue weighted by atomic mass is 9.44. The highest BCUT2D eigenvalue weighted by atomic mass is 14.6. The van der Waals surface area contributed by atoms with Crippen LogP contribution in [-0.2, 0) is 5.41 Å². The molecule has 4 bridgehead atoms. The third-order valence-electron chi connectivity index (χ3n) is 6.60. The number of benzene rings is 1. The highest BCUT2D eigenvalue weighted by molar-refractivity contribution is 5.32. The van der Waals surface area contributed by atoms with E-state index in [4.69, 9.17) is 5.73 Å². The number of rotatable bonds is 3. The van der Waals surface area contributed by atoms with Crippen molar-refractivity contribution in [2.75, 3.05) is 6.54 Å². The zero-order chi connectivity index (χ0) is 13.7. The van der Waals surface area contributed by atoms with Crippen molar-refractivity contribution in [2.45, 2.75) is 50.9 Å². The molecule has 2 atom stereocenters. The highest BCUT2D eigenvalue weighted by Crippen LogP contribution is 2.63. The molecular weight excluding hydrogens is 242 g/mol. The molecule has 5 rings (SSSR count). The van der Waals surface area contributed by atoms with Gasteiger partial charge in [0.2, 0.25) is 0 Å². The summed E-state index contributed by atoms with van der Waals surface area (Å²) in [7, 11) is 0. The molecule has 1 aromatic carbocycles. The van der Waals surface area contributed by atoms with Crippen molar-refractivity contribution in [3.63, 3.8) is 0 Å². The van der Waals surface area contributed by atoms with Gasteiger partial charge in [-0.3, -0.25) is 0 Å². The van der Waals surface area contributed by atoms with Crippen molar-refractivity contribution in [2.24, 2.45) is 29.4 Å². The van der Waals surface area contributed by atoms with E-state index in [1.54, 1.807) is 5.56 Å². The van der Waals surface area contributed by atoms with Crippen molar-refractivity contribution in [3.8, 4) is 0 Å². The molecule has 0 heterocycles. The molecule has 0 radical (unpaired) electrons. The van der Waals surface area contributed by atoms with E-state index >= 15 is 0 Å². The Kier molecular flexibility index (Phi) is 2.96. The molecule has 4 saturated carbocycles. The average Bonchev–Trinajstić information content (AvgIpc) is 2.42. The molecule has 0 saturated heterocycles. The summed E-state index contributed by atoms with van der Waals surface area (Å²) in [5.41, 5.74) is 9.46. The van der Waals surface area contributed by atoms with Gasteiger partial charge in [0, 0.05) is 0 Å². The third kappa shape index (κ3) is 1.86. The summed E-state index contributed by atoms with van der Waals surface area (Å²) in [5.74, 6) is 3.87. The van der Waals surface area contributed by atoms with Gasteiger partial charge in [-0.1, -0.05) is 29.8 Å². The standard InChI is InChI=1S/C19H27N/c1-13-3-2-4-17(7-13)19-10-14-8-15(11-19)18(5-6-20)16(9-14)12-19/h2-4,7,14-16,18H,5-6,8-12,20H2,1H3. The normalized spacial score (nSPS) is 42.1. The van der Waals surface area contributed by atoms with Gasteiger partial charge in [0.1, 0.15) is 0 Å². The first-order valence-electron chi connectivity index (χ1n) is 8.47. The van der Waals surface area contributed by atoms with Gasteiger partial charge >= 0.3 is 0 Å². The summed E-state index contributed by atoms with van der Waals surface area (Å²) in [4.78, 5) is 0. The Morgan fingerprint density at radius 2 is 1.90 bits per heavy atom. The van der Waals surface area contributed by atoms with E-state index in [1.165, 1.54) is 44.1 Å². The summed E-state index contributed by atoms with van der Waals surface area (Å²) >= 11 is 0. The Bertz CT molecular complexity index is 490. The summed E-state index contributed by atoms with van der Waals surface area (Å²) in [6.45, 7) is 3.13. The molecule has 4 aliphatic carbocycles. The van der Waals surface area contributed by atoms with E-state index in [0.29, 0.717) is 5.41 Å². The molecule has 4 fully saturated rings. The van der Waals surface area contributed by atoms with Crippen LogP contribution in [0.5, 0.6) is 0 Å². The monoisotopic (exact) mass is 269 g/mol. The maximum absolute atomic E-state index is 5.87. The van der Waals surface area contributed by atoms with Gasteiger partial charge in [0.25, 0.3) is 0 Å². The van der Waals surface area contributed by atoms with E-state index in [9.17, 15) is 0 Å². The van der Waals surface area contributed by atoms with E-state index in [-0.39, 0.29) is 0 Å². The van der Waals surface area contributed by atoms with Crippen LogP contribution in [0.15, 0.2) is 24.3 Å². The fourth-order valence-electron chi connectivity index (χ4n) is 6.12. The fraction of sp³-hybridized carbons (Fsp3) is 0.684. The predicted molar refractivity (Wildman–Crippen MR) is 83.6 cm³/mol. The number of nitrogens with two attached hydrogens (primary N) is 1. The second kappa shape index (κ2) is 4.59. The minimum atomic E-state index is 0.521. The van der Waals surface area contributed by atoms with E-state index in [2.05, 4.69) is 31.2 Å². The van der Waals surface area contributed by atoms with Crippen molar-refractivity contribution >= 4 is 0 Å². The fourth-order valence-corrected chi connectivity index (χ4v) is 6.12. The van der Waals surface area contributed by atoms with Crippen molar-refractivity contribution in [1.82, 2.24) is 0 Å². The first-order chi connectivity index (χ1) is 9.70. The molecule has 0 amide bonds. The summed E-state index contributed by atoms with van der Waals surface area (Å²) < 4.78 is 0. The quantitative estimate of drug-likeness (QED) is 0.880. The van der Waals surface area contributed by atoms with Gasteiger partial charge in [-0.25, -0.2) is 0 Å². The zero-order valence-electron chi connectivity index (χ0n) is 12.6. The molecule has 2 N–H and O–H groups in total. The molecule has 0 spiro atoms. The number of hydrogen-bond donors (Lipinski definition) is 1. The van der Waals surface area contributed by atoms with Crippen molar-refractivity contribution in [1.29, 1.82) is 0 Å². The summed E-state index contributed by atoms with van der Waals surface area (Å²) in [5, 5.41) is 0. The molecule has 0 aromatic heterocycles. The van der Waals surface area contributed by atoms with Gasteiger partial charge in [-0.15, -0.1) is 0 Å². The third-order valence-corrected chi connectivity index (χ3v) is 6.60. The molecule has 1 heteroatoms. The Hall–Kier alpha value is -0.820. The van der Waals surface area contributed by atoms with Gasteiger partial charge in [0.05, 0.1) is 0 Å². The zero-order valence-corrected chi connectivity index (χ0v) is 12.6. The lowest BCUT2D eigenvalue weighted by Gasteiger charge is -2.60. The van der Waals surface area contributed by atoms with Gasteiger partial charge in [-0.2, -0.15) is 0 Å². The molecule has 20 heavy (non-hydrogen) atoms. The van der Waals surface area contributed by atoms with Crippen LogP contribution < -0.4 is 5.73 Å². The first kappa shape index (κ1) is 12.9. The lowest BCUT2D eigenvalue weighted by molar-refractivity contribution is -0.0581. The van der Waals surface area contributed by atoms with Crippen LogP contribution in [0.4, 0.5) is 0 Å². The van der Waals surface area contributed by atoms with Crippen molar-refractivity contribution < 1.29 is 0 Å². The van der Waals surface area contributed by atoms with Gasteiger partial charge in [0.15, 0.2) is 0 Å². The van der Waals surface area contributed by atoms with Crippen LogP contribution in [0.1, 0.15) is 49.7 Å². The summed E-state index contributed by atoms with van der Waals surface area (Å²) in [6.07, 6.45) is 8.59. The van der Waals surface area contributed by atoms with Crippen LogP contribution in [-0.4, -0.2) is 6.54 Å². The lowest BCUT2D eigenvalue weighted by Crippen LogP contribution is -2.53. The second-order valence-electron chi connectivity index (χ2n) is 7.86. The minimum Gasteiger partial charge on any atom is -0.330 e. The van der Waals surface area contributed by atoms with Crippen LogP contribution >= 0.6 is 0 Å². The highest BCUT2D eigenvalue weighted by Gasteiger charge is 2.55. The SMILES string of the molecule is Cc1cccc(C23CC4CC(C2)C(CCN)C(C4)C3)c1. The van der Waals surface area contributed by atoms with E-state index in [1.807, 2.05) is 0 Å². The van der Waals surface area contributed by atoms with Gasteiger partial charge in [-0.05, 0) is 86.6 Å². The Balaban J connectivity index is 1.68. The molecule has 4 aliphatic rings. The van der Waals surface area contributed by atoms with Gasteiger partial charge < -0.3 is 5.73 Å². The van der Waals surface area contributed by atoms with Crippen LogP contribution in [0, 0.1) is 30.6 Å². The first-order valence-corrected chi connectivity index (χ1v) is 8.47. The molecule has 1 aromatic rings. The van der Waals surface area contributed by atoms with E-state index < -0.39 is 0 Å². The molecular formula is C19H27N. The number of hydrogen-bond acceptors (Lipinski definition) is 1. The smallest absolute Gasteiger partial charge is 0.00388 e. The number of aryl methyl sites for hydroxylation is 1. The van der Waals surface area contributed by atoms with Crippen molar-refractivity contribution in [3.05, 3.63) is 35.4 Å². The Morgan fingerprint density at radius 1 is 1.15 bits per heavy atom. The van der Waals surface area contributed by atoms with Crippen LogP contribution in [0.25, 0.3) is 0 Å². The molecule has 1 nitrogen and oxygen atoms in total.